The Hall–Kier alpha value is -3.62. The summed E-state index contributed by atoms with van der Waals surface area (Å²) in [6.45, 7) is 0.650. The van der Waals surface area contributed by atoms with E-state index in [0.29, 0.717) is 24.2 Å². The van der Waals surface area contributed by atoms with E-state index in [1.54, 1.807) is 35.8 Å². The smallest absolute Gasteiger partial charge is 0.249 e. The van der Waals surface area contributed by atoms with Crippen molar-refractivity contribution in [1.29, 1.82) is 0 Å². The molecule has 4 heterocycles. The third-order valence-corrected chi connectivity index (χ3v) is 4.68. The normalized spacial score (nSPS) is 16.5. The number of rotatable bonds is 5. The van der Waals surface area contributed by atoms with Crippen LogP contribution in [0.25, 0.3) is 17.5 Å². The van der Waals surface area contributed by atoms with E-state index < -0.39 is 0 Å². The van der Waals surface area contributed by atoms with E-state index in [1.165, 1.54) is 6.08 Å². The third-order valence-electron chi connectivity index (χ3n) is 4.68. The summed E-state index contributed by atoms with van der Waals surface area (Å²) in [5, 5.41) is 4.05. The van der Waals surface area contributed by atoms with Crippen molar-refractivity contribution in [3.05, 3.63) is 54.5 Å². The van der Waals surface area contributed by atoms with Crippen LogP contribution in [0, 0.1) is 0 Å². The molecule has 1 atom stereocenters. The van der Waals surface area contributed by atoms with Crippen LogP contribution in [0.3, 0.4) is 0 Å². The molecule has 0 aromatic carbocycles. The monoisotopic (exact) mass is 391 g/mol. The summed E-state index contributed by atoms with van der Waals surface area (Å²) in [5.41, 5.74) is 1.59. The van der Waals surface area contributed by atoms with Crippen molar-refractivity contribution >= 4 is 17.9 Å². The molecule has 9 heteroatoms. The van der Waals surface area contributed by atoms with Crippen LogP contribution in [0.15, 0.2) is 47.5 Å². The summed E-state index contributed by atoms with van der Waals surface area (Å²) >= 11 is 0. The number of carbonyl (C=O) groups excluding carboxylic acids is 1. The van der Waals surface area contributed by atoms with Crippen molar-refractivity contribution in [3.8, 4) is 11.4 Å². The molecule has 29 heavy (non-hydrogen) atoms. The molecule has 0 spiro atoms. The maximum absolute atomic E-state index is 12.7. The molecule has 0 bridgehead atoms. The number of likely N-dealkylation sites (tertiary alicyclic amines) is 1. The highest BCUT2D eigenvalue weighted by Crippen LogP contribution is 2.32. The highest BCUT2D eigenvalue weighted by molar-refractivity contribution is 5.92. The maximum Gasteiger partial charge on any atom is 0.249 e. The number of carbonyl (C=O) groups is 1. The van der Waals surface area contributed by atoms with E-state index in [2.05, 4.69) is 25.1 Å². The minimum Gasteiger partial charge on any atom is -0.347 e. The van der Waals surface area contributed by atoms with Gasteiger partial charge in [0.05, 0.1) is 0 Å². The van der Waals surface area contributed by atoms with Gasteiger partial charge in [-0.15, -0.1) is 0 Å². The highest BCUT2D eigenvalue weighted by atomic mass is 16.5. The Balaban J connectivity index is 1.46. The van der Waals surface area contributed by atoms with Gasteiger partial charge in [-0.2, -0.15) is 4.98 Å². The molecule has 0 radical (unpaired) electrons. The molecule has 1 saturated heterocycles. The van der Waals surface area contributed by atoms with Gasteiger partial charge in [-0.1, -0.05) is 5.16 Å². The number of aromatic nitrogens is 5. The average Bonchev–Trinajstić information content (AvgIpc) is 3.42. The van der Waals surface area contributed by atoms with Crippen LogP contribution in [0.2, 0.25) is 0 Å². The highest BCUT2D eigenvalue weighted by Gasteiger charge is 2.33. The lowest BCUT2D eigenvalue weighted by Gasteiger charge is -2.20. The maximum atomic E-state index is 12.7. The molecule has 148 valence electrons. The number of anilines is 1. The molecule has 3 aromatic rings. The Morgan fingerprint density at radius 1 is 1.24 bits per heavy atom. The van der Waals surface area contributed by atoms with Gasteiger partial charge in [0, 0.05) is 62.6 Å². The van der Waals surface area contributed by atoms with Gasteiger partial charge in [-0.25, -0.2) is 9.97 Å². The zero-order valence-corrected chi connectivity index (χ0v) is 16.3. The lowest BCUT2D eigenvalue weighted by molar-refractivity contribution is -0.127. The molecule has 1 aliphatic heterocycles. The van der Waals surface area contributed by atoms with E-state index in [-0.39, 0.29) is 11.9 Å². The zero-order chi connectivity index (χ0) is 20.2. The topological polar surface area (TPSA) is 101 Å². The van der Waals surface area contributed by atoms with Crippen molar-refractivity contribution in [2.24, 2.45) is 0 Å². The molecule has 0 N–H and O–H groups in total. The minimum absolute atomic E-state index is 0.104. The predicted molar refractivity (Wildman–Crippen MR) is 107 cm³/mol. The first-order valence-corrected chi connectivity index (χ1v) is 9.34. The van der Waals surface area contributed by atoms with Gasteiger partial charge in [0.2, 0.25) is 23.6 Å². The Labute approximate surface area is 168 Å². The average molecular weight is 391 g/mol. The largest absolute Gasteiger partial charge is 0.347 e. The van der Waals surface area contributed by atoms with E-state index in [4.69, 9.17) is 4.52 Å². The Morgan fingerprint density at radius 3 is 2.72 bits per heavy atom. The van der Waals surface area contributed by atoms with E-state index in [0.717, 1.165) is 24.0 Å². The van der Waals surface area contributed by atoms with Crippen molar-refractivity contribution < 1.29 is 9.32 Å². The number of hydrogen-bond acceptors (Lipinski definition) is 8. The van der Waals surface area contributed by atoms with Crippen molar-refractivity contribution in [2.45, 2.75) is 18.9 Å². The zero-order valence-electron chi connectivity index (χ0n) is 16.3. The summed E-state index contributed by atoms with van der Waals surface area (Å²) < 4.78 is 5.46. The van der Waals surface area contributed by atoms with Gasteiger partial charge in [-0.05, 0) is 31.1 Å². The van der Waals surface area contributed by atoms with Gasteiger partial charge in [-0.3, -0.25) is 9.78 Å². The summed E-state index contributed by atoms with van der Waals surface area (Å²) in [5.74, 6) is 1.47. The first-order chi connectivity index (χ1) is 14.1. The number of nitrogens with zero attached hydrogens (tertiary/aromatic N) is 7. The Kier molecular flexibility index (Phi) is 5.28. The number of amides is 1. The fraction of sp³-hybridized carbons (Fsp3) is 0.300. The molecule has 9 nitrogen and oxygen atoms in total. The van der Waals surface area contributed by atoms with Crippen LogP contribution in [0.5, 0.6) is 0 Å². The lowest BCUT2D eigenvalue weighted by Crippen LogP contribution is -2.29. The molecule has 1 amide bonds. The van der Waals surface area contributed by atoms with Crippen LogP contribution in [-0.4, -0.2) is 56.5 Å². The predicted octanol–water partition coefficient (Wildman–Crippen LogP) is 2.36. The quantitative estimate of drug-likeness (QED) is 0.611. The summed E-state index contributed by atoms with van der Waals surface area (Å²) in [6, 6.07) is 3.42. The first-order valence-electron chi connectivity index (χ1n) is 9.34. The van der Waals surface area contributed by atoms with Crippen LogP contribution >= 0.6 is 0 Å². The van der Waals surface area contributed by atoms with Crippen molar-refractivity contribution in [1.82, 2.24) is 30.0 Å². The molecule has 4 rings (SSSR count). The standard InChI is InChI=1S/C20H21N7O2/c1-26(2)20-22-12-14(13-23-20)5-6-17(28)27-11-3-4-16(27)19-24-18(25-29-19)15-7-9-21-10-8-15/h5-10,12-13,16H,3-4,11H2,1-2H3/t16-/m0/s1. The molecule has 3 aromatic heterocycles. The van der Waals surface area contributed by atoms with Gasteiger partial charge in [0.15, 0.2) is 0 Å². The summed E-state index contributed by atoms with van der Waals surface area (Å²) in [6.07, 6.45) is 11.7. The SMILES string of the molecule is CN(C)c1ncc(C=CC(=O)N2CCC[C@H]2c2nc(-c3ccncc3)no2)cn1. The third kappa shape index (κ3) is 4.13. The number of hydrogen-bond donors (Lipinski definition) is 0. The molecule has 0 saturated carbocycles. The van der Waals surface area contributed by atoms with Gasteiger partial charge < -0.3 is 14.3 Å². The number of pyridine rings is 1. The van der Waals surface area contributed by atoms with Crippen LogP contribution in [0.1, 0.15) is 30.3 Å². The van der Waals surface area contributed by atoms with E-state index in [1.807, 2.05) is 31.1 Å². The second kappa shape index (κ2) is 8.17. The van der Waals surface area contributed by atoms with Crippen molar-refractivity contribution in [2.75, 3.05) is 25.5 Å². The van der Waals surface area contributed by atoms with Gasteiger partial charge >= 0.3 is 0 Å². The first kappa shape index (κ1) is 18.7. The Morgan fingerprint density at radius 2 is 2.00 bits per heavy atom. The molecule has 1 fully saturated rings. The molecular formula is C20H21N7O2. The molecule has 0 unspecified atom stereocenters. The fourth-order valence-electron chi connectivity index (χ4n) is 3.19. The lowest BCUT2D eigenvalue weighted by atomic mass is 10.2. The van der Waals surface area contributed by atoms with Gasteiger partial charge in [0.1, 0.15) is 6.04 Å². The fourth-order valence-corrected chi connectivity index (χ4v) is 3.19. The minimum atomic E-state index is -0.220. The van der Waals surface area contributed by atoms with Crippen molar-refractivity contribution in [3.63, 3.8) is 0 Å². The summed E-state index contributed by atoms with van der Waals surface area (Å²) in [4.78, 5) is 33.3. The molecular weight excluding hydrogens is 370 g/mol. The van der Waals surface area contributed by atoms with Gasteiger partial charge in [0.25, 0.3) is 0 Å². The molecule has 0 aliphatic carbocycles. The van der Waals surface area contributed by atoms with Crippen LogP contribution in [-0.2, 0) is 4.79 Å². The van der Waals surface area contributed by atoms with E-state index >= 15 is 0 Å². The second-order valence-corrected chi connectivity index (χ2v) is 6.93. The summed E-state index contributed by atoms with van der Waals surface area (Å²) in [7, 11) is 3.75. The van der Waals surface area contributed by atoms with E-state index in [9.17, 15) is 4.79 Å². The van der Waals surface area contributed by atoms with Crippen LogP contribution in [0.4, 0.5) is 5.95 Å². The molecule has 1 aliphatic rings. The second-order valence-electron chi connectivity index (χ2n) is 6.93. The Bertz CT molecular complexity index is 999. The van der Waals surface area contributed by atoms with Crippen LogP contribution < -0.4 is 4.90 Å².